The van der Waals surface area contributed by atoms with Gasteiger partial charge in [-0.15, -0.1) is 0 Å². The monoisotopic (exact) mass is 558 g/mol. The second kappa shape index (κ2) is 11.3. The first kappa shape index (κ1) is 27.8. The molecule has 0 spiro atoms. The number of hydrogen-bond acceptors (Lipinski definition) is 5. The van der Waals surface area contributed by atoms with E-state index >= 15 is 0 Å². The lowest BCUT2D eigenvalue weighted by Gasteiger charge is -2.16. The zero-order valence-electron chi connectivity index (χ0n) is 20.9. The summed E-state index contributed by atoms with van der Waals surface area (Å²) in [7, 11) is 1.60. The largest absolute Gasteiger partial charge is 0.486 e. The molecule has 202 valence electrons. The Bertz CT molecular complexity index is 1650. The Hall–Kier alpha value is -4.18. The molecule has 0 saturated carbocycles. The molecular formula is C28H23ClF4N4O2. The van der Waals surface area contributed by atoms with Crippen LogP contribution in [0.4, 0.5) is 17.6 Å². The Labute approximate surface area is 226 Å². The minimum atomic E-state index is -4.79. The first-order valence-electron chi connectivity index (χ1n) is 11.7. The average molecular weight is 559 g/mol. The van der Waals surface area contributed by atoms with Gasteiger partial charge >= 0.3 is 6.18 Å². The van der Waals surface area contributed by atoms with Crippen LogP contribution in [0.15, 0.2) is 78.1 Å². The zero-order valence-corrected chi connectivity index (χ0v) is 21.7. The van der Waals surface area contributed by atoms with Crippen LogP contribution in [-0.4, -0.2) is 21.6 Å². The molecule has 0 atom stereocenters. The molecular weight excluding hydrogens is 536 g/mol. The molecule has 4 rings (SSSR count). The number of para-hydroxylation sites is 1. The molecule has 39 heavy (non-hydrogen) atoms. The second-order valence-electron chi connectivity index (χ2n) is 8.50. The number of aromatic nitrogens is 3. The van der Waals surface area contributed by atoms with E-state index < -0.39 is 23.1 Å². The van der Waals surface area contributed by atoms with E-state index in [4.69, 9.17) is 16.3 Å². The van der Waals surface area contributed by atoms with Crippen LogP contribution in [-0.2, 0) is 19.3 Å². The summed E-state index contributed by atoms with van der Waals surface area (Å²) < 4.78 is 61.2. The van der Waals surface area contributed by atoms with Gasteiger partial charge in [0.25, 0.3) is 5.56 Å². The van der Waals surface area contributed by atoms with E-state index in [2.05, 4.69) is 21.9 Å². The Kier molecular flexibility index (Phi) is 8.06. The number of halogens is 5. The summed E-state index contributed by atoms with van der Waals surface area (Å²) in [5.74, 6) is -0.165. The summed E-state index contributed by atoms with van der Waals surface area (Å²) in [6.07, 6.45) is -1.04. The predicted octanol–water partition coefficient (Wildman–Crippen LogP) is 6.44. The summed E-state index contributed by atoms with van der Waals surface area (Å²) in [6.45, 7) is 4.89. The van der Waals surface area contributed by atoms with E-state index in [0.29, 0.717) is 33.5 Å². The molecule has 6 nitrogen and oxygen atoms in total. The highest BCUT2D eigenvalue weighted by Crippen LogP contribution is 2.33. The van der Waals surface area contributed by atoms with Crippen molar-refractivity contribution in [1.82, 2.24) is 19.9 Å². The van der Waals surface area contributed by atoms with Gasteiger partial charge in [-0.25, -0.2) is 9.37 Å². The number of rotatable bonds is 8. The van der Waals surface area contributed by atoms with Crippen LogP contribution in [0.3, 0.4) is 0 Å². The van der Waals surface area contributed by atoms with Crippen LogP contribution in [0.1, 0.15) is 28.1 Å². The van der Waals surface area contributed by atoms with Crippen molar-refractivity contribution in [2.24, 2.45) is 0 Å². The number of hydrogen-bond donors (Lipinski definition) is 1. The lowest BCUT2D eigenvalue weighted by Crippen LogP contribution is -2.28. The van der Waals surface area contributed by atoms with Crippen molar-refractivity contribution in [2.75, 3.05) is 7.05 Å². The fourth-order valence-corrected chi connectivity index (χ4v) is 4.36. The molecule has 1 aromatic carbocycles. The number of nitrogens with zero attached hydrogens (tertiary/aromatic N) is 3. The van der Waals surface area contributed by atoms with Crippen molar-refractivity contribution in [3.05, 3.63) is 117 Å². The highest BCUT2D eigenvalue weighted by Gasteiger charge is 2.34. The maximum absolute atomic E-state index is 14.5. The van der Waals surface area contributed by atoms with Crippen molar-refractivity contribution in [2.45, 2.75) is 26.3 Å². The van der Waals surface area contributed by atoms with Crippen LogP contribution < -0.4 is 15.6 Å². The van der Waals surface area contributed by atoms with Crippen LogP contribution in [0, 0.1) is 6.92 Å². The smallest absolute Gasteiger partial charge is 0.421 e. The van der Waals surface area contributed by atoms with Crippen LogP contribution >= 0.6 is 11.6 Å². The lowest BCUT2D eigenvalue weighted by atomic mass is 10.0. The highest BCUT2D eigenvalue weighted by atomic mass is 35.5. The number of pyridine rings is 3. The molecule has 0 unspecified atom stereocenters. The maximum Gasteiger partial charge on any atom is 0.421 e. The van der Waals surface area contributed by atoms with E-state index in [0.717, 1.165) is 22.8 Å². The molecule has 3 heterocycles. The number of aryl methyl sites for hydroxylation is 1. The van der Waals surface area contributed by atoms with Gasteiger partial charge in [0.05, 0.1) is 23.0 Å². The molecule has 3 aromatic heterocycles. The van der Waals surface area contributed by atoms with Crippen molar-refractivity contribution in [3.63, 3.8) is 0 Å². The van der Waals surface area contributed by atoms with Crippen molar-refractivity contribution in [1.29, 1.82) is 0 Å². The molecule has 0 saturated heterocycles. The summed E-state index contributed by atoms with van der Waals surface area (Å²) >= 11 is 6.42. The van der Waals surface area contributed by atoms with Gasteiger partial charge < -0.3 is 14.6 Å². The van der Waals surface area contributed by atoms with Crippen molar-refractivity contribution in [3.8, 4) is 5.75 Å². The quantitative estimate of drug-likeness (QED) is 0.199. The van der Waals surface area contributed by atoms with Crippen molar-refractivity contribution < 1.29 is 22.3 Å². The third kappa shape index (κ3) is 5.80. The number of fused-ring (bicyclic) bond motifs is 1. The van der Waals surface area contributed by atoms with Crippen LogP contribution in [0.25, 0.3) is 16.6 Å². The first-order valence-corrected chi connectivity index (χ1v) is 12.0. The Morgan fingerprint density at radius 2 is 2.00 bits per heavy atom. The molecule has 1 N–H and O–H groups in total. The van der Waals surface area contributed by atoms with E-state index in [1.54, 1.807) is 38.2 Å². The molecule has 0 fully saturated rings. The number of allylic oxidation sites excluding steroid dienone is 2. The molecule has 0 amide bonds. The third-order valence-electron chi connectivity index (χ3n) is 5.97. The number of nitrogens with one attached hydrogen (secondary N) is 1. The number of alkyl halides is 3. The van der Waals surface area contributed by atoms with Gasteiger partial charge in [-0.2, -0.15) is 13.2 Å². The molecule has 0 aliphatic carbocycles. The minimum absolute atomic E-state index is 0.116. The van der Waals surface area contributed by atoms with Gasteiger partial charge in [0, 0.05) is 41.6 Å². The molecule has 11 heteroatoms. The topological polar surface area (TPSA) is 69.0 Å². The Morgan fingerprint density at radius 3 is 2.69 bits per heavy atom. The first-order chi connectivity index (χ1) is 18.5. The minimum Gasteiger partial charge on any atom is -0.486 e. The van der Waals surface area contributed by atoms with Gasteiger partial charge in [0.2, 0.25) is 0 Å². The average Bonchev–Trinajstić information content (AvgIpc) is 2.89. The number of ether oxygens (including phenoxy) is 1. The van der Waals surface area contributed by atoms with Crippen LogP contribution in [0.5, 0.6) is 5.75 Å². The van der Waals surface area contributed by atoms with E-state index in [-0.39, 0.29) is 29.6 Å². The highest BCUT2D eigenvalue weighted by molar-refractivity contribution is 6.31. The summed E-state index contributed by atoms with van der Waals surface area (Å²) in [5, 5.41) is 3.74. The third-order valence-corrected chi connectivity index (χ3v) is 6.33. The standard InChI is InChI=1S/C28H23ClF4N4O2/c1-4-22(30)25(34-3)18-13-16(2)36-26-17(18)7-5-9-24(26)39-15-19-21(29)10-11-35-23(19)14-37-12-6-8-20(27(37)38)28(31,32)33/h4-13,34H,1,14-15H2,2-3H3/b25-22+. The van der Waals surface area contributed by atoms with Gasteiger partial charge in [0.15, 0.2) is 0 Å². The molecule has 0 aliphatic rings. The van der Waals surface area contributed by atoms with E-state index in [1.807, 2.05) is 0 Å². The fourth-order valence-electron chi connectivity index (χ4n) is 4.14. The molecule has 0 aliphatic heterocycles. The Balaban J connectivity index is 1.72. The maximum atomic E-state index is 14.5. The fraction of sp³-hybridized carbons (Fsp3) is 0.179. The second-order valence-corrected chi connectivity index (χ2v) is 8.91. The zero-order chi connectivity index (χ0) is 28.3. The van der Waals surface area contributed by atoms with Gasteiger partial charge in [-0.05, 0) is 43.3 Å². The molecule has 0 bridgehead atoms. The van der Waals surface area contributed by atoms with Crippen molar-refractivity contribution >= 4 is 28.2 Å². The van der Waals surface area contributed by atoms with E-state index in [1.165, 1.54) is 18.5 Å². The van der Waals surface area contributed by atoms with Crippen LogP contribution in [0.2, 0.25) is 5.02 Å². The van der Waals surface area contributed by atoms with Gasteiger partial charge in [-0.3, -0.25) is 9.78 Å². The Morgan fingerprint density at radius 1 is 1.23 bits per heavy atom. The predicted molar refractivity (Wildman–Crippen MR) is 142 cm³/mol. The summed E-state index contributed by atoms with van der Waals surface area (Å²) in [5.41, 5.74) is 0.0636. The summed E-state index contributed by atoms with van der Waals surface area (Å²) in [4.78, 5) is 21.3. The van der Waals surface area contributed by atoms with Gasteiger partial charge in [0.1, 0.15) is 29.3 Å². The normalized spacial score (nSPS) is 12.3. The summed E-state index contributed by atoms with van der Waals surface area (Å²) in [6, 6.07) is 10.3. The molecule has 4 aromatic rings. The molecule has 0 radical (unpaired) electrons. The lowest BCUT2D eigenvalue weighted by molar-refractivity contribution is -0.138. The number of benzene rings is 1. The van der Waals surface area contributed by atoms with E-state index in [9.17, 15) is 22.4 Å². The van der Waals surface area contributed by atoms with Gasteiger partial charge in [-0.1, -0.05) is 30.3 Å². The SMILES string of the molecule is C=C/C(F)=C(\NC)c1cc(C)nc2c(OCc3c(Cl)ccnc3Cn3cccc(C(F)(F)F)c3=O)cccc12.